The average molecular weight is 548 g/mol. The van der Waals surface area contributed by atoms with Gasteiger partial charge in [-0.1, -0.05) is 91.0 Å². The lowest BCUT2D eigenvalue weighted by molar-refractivity contribution is 0.0459. The topological polar surface area (TPSA) is 84.7 Å². The Morgan fingerprint density at radius 3 is 2.05 bits per heavy atom. The van der Waals surface area contributed by atoms with Crippen LogP contribution in [-0.4, -0.2) is 27.3 Å². The van der Waals surface area contributed by atoms with Gasteiger partial charge in [0.15, 0.2) is 17.1 Å². The van der Waals surface area contributed by atoms with Crippen molar-refractivity contribution in [1.82, 2.24) is 14.8 Å². The summed E-state index contributed by atoms with van der Waals surface area (Å²) < 4.78 is 26.5. The number of hydrogen-bond acceptors (Lipinski definition) is 7. The predicted octanol–water partition coefficient (Wildman–Crippen LogP) is 5.93. The first-order valence-electron chi connectivity index (χ1n) is 13.4. The number of hydrogen-bond donors (Lipinski definition) is 0. The smallest absolute Gasteiger partial charge is 0.348 e. The zero-order valence-corrected chi connectivity index (χ0v) is 22.7. The number of aromatic nitrogens is 3. The second-order valence-corrected chi connectivity index (χ2v) is 9.64. The molecule has 0 aliphatic carbocycles. The lowest BCUT2D eigenvalue weighted by Crippen LogP contribution is -2.14. The molecule has 8 heteroatoms. The Morgan fingerprint density at radius 2 is 1.41 bits per heavy atom. The van der Waals surface area contributed by atoms with Crippen LogP contribution in [0.1, 0.15) is 32.7 Å². The van der Waals surface area contributed by atoms with Crippen molar-refractivity contribution in [2.75, 3.05) is 6.61 Å². The van der Waals surface area contributed by atoms with E-state index in [-0.39, 0.29) is 37.0 Å². The molecule has 0 unspecified atom stereocenters. The molecule has 8 nitrogen and oxygen atoms in total. The minimum atomic E-state index is -0.616. The summed E-state index contributed by atoms with van der Waals surface area (Å²) in [6.07, 6.45) is 2.37. The van der Waals surface area contributed by atoms with Crippen molar-refractivity contribution in [1.29, 1.82) is 0 Å². The van der Waals surface area contributed by atoms with E-state index in [1.165, 1.54) is 0 Å². The fourth-order valence-electron chi connectivity index (χ4n) is 4.72. The molecule has 0 atom stereocenters. The number of benzene rings is 3. The summed E-state index contributed by atoms with van der Waals surface area (Å²) in [7, 11) is 1.89. The molecule has 6 rings (SSSR count). The van der Waals surface area contributed by atoms with Gasteiger partial charge in [-0.3, -0.25) is 4.68 Å². The van der Waals surface area contributed by atoms with E-state index < -0.39 is 5.97 Å². The van der Waals surface area contributed by atoms with Crippen LogP contribution < -0.4 is 14.2 Å². The molecular formula is C33H29N3O5. The molecule has 0 spiro atoms. The van der Waals surface area contributed by atoms with Gasteiger partial charge >= 0.3 is 5.97 Å². The largest absolute Gasteiger partial charge is 0.487 e. The summed E-state index contributed by atoms with van der Waals surface area (Å²) in [6, 6.07) is 28.9. The molecular weight excluding hydrogens is 518 g/mol. The summed E-state index contributed by atoms with van der Waals surface area (Å²) in [6.45, 7) is 0.856. The molecule has 0 N–H and O–H groups in total. The third-order valence-electron chi connectivity index (χ3n) is 6.84. The van der Waals surface area contributed by atoms with E-state index in [4.69, 9.17) is 23.9 Å². The molecule has 206 valence electrons. The summed E-state index contributed by atoms with van der Waals surface area (Å²) in [4.78, 5) is 18.7. The molecule has 5 aromatic rings. The van der Waals surface area contributed by atoms with E-state index >= 15 is 0 Å². The number of carbonyl (C=O) groups excluding carboxylic acids is 1. The van der Waals surface area contributed by atoms with Crippen molar-refractivity contribution < 1.29 is 23.7 Å². The van der Waals surface area contributed by atoms with Crippen molar-refractivity contribution >= 4 is 5.97 Å². The van der Waals surface area contributed by atoms with Gasteiger partial charge in [-0.15, -0.1) is 0 Å². The van der Waals surface area contributed by atoms with Crippen LogP contribution in [0.2, 0.25) is 0 Å². The Hall–Kier alpha value is -5.11. The second kappa shape index (κ2) is 12.0. The molecule has 41 heavy (non-hydrogen) atoms. The van der Waals surface area contributed by atoms with Gasteiger partial charge in [0.1, 0.15) is 25.5 Å². The van der Waals surface area contributed by atoms with E-state index in [0.29, 0.717) is 24.5 Å². The fourth-order valence-corrected chi connectivity index (χ4v) is 4.72. The molecule has 0 saturated carbocycles. The zero-order valence-electron chi connectivity index (χ0n) is 22.7. The number of pyridine rings is 1. The van der Waals surface area contributed by atoms with Crippen LogP contribution in [0.3, 0.4) is 0 Å². The SMILES string of the molecule is Cn1ncc2c1CCOc1c-2nc(OCc2ccccc2)c(C(=O)OCc2ccccc2)c1OCc1ccccc1. The Balaban J connectivity index is 1.46. The van der Waals surface area contributed by atoms with Crippen molar-refractivity contribution in [2.24, 2.45) is 7.05 Å². The Kier molecular flexibility index (Phi) is 7.62. The third kappa shape index (κ3) is 5.77. The fraction of sp³-hybridized carbons (Fsp3) is 0.182. The number of carbonyl (C=O) groups is 1. The van der Waals surface area contributed by atoms with Crippen LogP contribution in [0.15, 0.2) is 97.2 Å². The first kappa shape index (κ1) is 26.1. The average Bonchev–Trinajstić information content (AvgIpc) is 3.28. The van der Waals surface area contributed by atoms with Gasteiger partial charge in [-0.05, 0) is 16.7 Å². The van der Waals surface area contributed by atoms with E-state index in [0.717, 1.165) is 27.9 Å². The molecule has 1 aliphatic rings. The maximum atomic E-state index is 13.8. The highest BCUT2D eigenvalue weighted by molar-refractivity contribution is 5.97. The number of fused-ring (bicyclic) bond motifs is 3. The van der Waals surface area contributed by atoms with Crippen LogP contribution in [0.5, 0.6) is 17.4 Å². The Bertz CT molecular complexity index is 1640. The van der Waals surface area contributed by atoms with Gasteiger partial charge in [0.05, 0.1) is 18.5 Å². The first-order valence-corrected chi connectivity index (χ1v) is 13.4. The summed E-state index contributed by atoms with van der Waals surface area (Å²) in [5.74, 6) is 0.0895. The van der Waals surface area contributed by atoms with Crippen LogP contribution in [0.25, 0.3) is 11.3 Å². The maximum Gasteiger partial charge on any atom is 0.348 e. The van der Waals surface area contributed by atoms with E-state index in [2.05, 4.69) is 5.10 Å². The van der Waals surface area contributed by atoms with Crippen molar-refractivity contribution in [3.63, 3.8) is 0 Å². The maximum absolute atomic E-state index is 13.8. The van der Waals surface area contributed by atoms with Gasteiger partial charge in [-0.2, -0.15) is 5.10 Å². The molecule has 3 heterocycles. The monoisotopic (exact) mass is 547 g/mol. The van der Waals surface area contributed by atoms with Crippen molar-refractivity contribution in [3.05, 3.63) is 125 Å². The predicted molar refractivity (Wildman–Crippen MR) is 153 cm³/mol. The zero-order chi connectivity index (χ0) is 28.0. The highest BCUT2D eigenvalue weighted by Gasteiger charge is 2.33. The quantitative estimate of drug-likeness (QED) is 0.211. The molecule has 1 aliphatic heterocycles. The number of esters is 1. The number of rotatable bonds is 9. The van der Waals surface area contributed by atoms with Gasteiger partial charge in [0.25, 0.3) is 0 Å². The van der Waals surface area contributed by atoms with Gasteiger partial charge in [0, 0.05) is 19.0 Å². The highest BCUT2D eigenvalue weighted by atomic mass is 16.5. The molecule has 0 fully saturated rings. The minimum absolute atomic E-state index is 0.0823. The van der Waals surface area contributed by atoms with Gasteiger partial charge in [0.2, 0.25) is 5.88 Å². The van der Waals surface area contributed by atoms with E-state index in [9.17, 15) is 4.79 Å². The van der Waals surface area contributed by atoms with E-state index in [1.54, 1.807) is 6.20 Å². The van der Waals surface area contributed by atoms with Gasteiger partial charge in [-0.25, -0.2) is 9.78 Å². The standard InChI is InChI=1S/C33H29N3O5/c1-36-27-17-18-38-31-29(26(27)19-34-36)35-32(40-21-24-13-7-3-8-14-24)28(30(31)39-20-23-11-5-2-6-12-23)33(37)41-22-25-15-9-4-10-16-25/h2-16,19H,17-18,20-22H2,1H3. The van der Waals surface area contributed by atoms with Crippen LogP contribution in [0.4, 0.5) is 0 Å². The Labute approximate surface area is 238 Å². The van der Waals surface area contributed by atoms with E-state index in [1.807, 2.05) is 103 Å². The molecule has 0 saturated heterocycles. The summed E-state index contributed by atoms with van der Waals surface area (Å²) in [5.41, 5.74) is 5.09. The number of nitrogens with zero attached hydrogens (tertiary/aromatic N) is 3. The third-order valence-corrected chi connectivity index (χ3v) is 6.84. The normalized spacial score (nSPS) is 11.9. The summed E-state index contributed by atoms with van der Waals surface area (Å²) >= 11 is 0. The Morgan fingerprint density at radius 1 is 0.829 bits per heavy atom. The highest BCUT2D eigenvalue weighted by Crippen LogP contribution is 2.46. The molecule has 0 radical (unpaired) electrons. The number of aryl methyl sites for hydroxylation is 1. The molecule has 3 aromatic carbocycles. The molecule has 0 amide bonds. The second-order valence-electron chi connectivity index (χ2n) is 9.64. The van der Waals surface area contributed by atoms with Crippen molar-refractivity contribution in [2.45, 2.75) is 26.2 Å². The van der Waals surface area contributed by atoms with Crippen molar-refractivity contribution in [3.8, 4) is 28.6 Å². The lowest BCUT2D eigenvalue weighted by atomic mass is 10.1. The van der Waals surface area contributed by atoms with Crippen LogP contribution in [0, 0.1) is 0 Å². The number of ether oxygens (including phenoxy) is 4. The van der Waals surface area contributed by atoms with Crippen LogP contribution in [-0.2, 0) is 38.0 Å². The lowest BCUT2D eigenvalue weighted by Gasteiger charge is -2.20. The summed E-state index contributed by atoms with van der Waals surface area (Å²) in [5, 5.41) is 4.45. The van der Waals surface area contributed by atoms with Crippen LogP contribution >= 0.6 is 0 Å². The minimum Gasteiger partial charge on any atom is -0.487 e. The molecule has 2 aromatic heterocycles. The van der Waals surface area contributed by atoms with Gasteiger partial charge < -0.3 is 18.9 Å². The first-order chi connectivity index (χ1) is 20.2. The molecule has 0 bridgehead atoms.